The fourth-order valence-electron chi connectivity index (χ4n) is 0. The molecular formula is Cl6Cr2. The molecule has 0 heterocycles. The fraction of sp³-hybridized carbons (Fsp3) is 0. The van der Waals surface area contributed by atoms with Crippen LogP contribution >= 0.6 is 30.1 Å². The predicted octanol–water partition coefficient (Wildman–Crippen LogP) is -6.92. The molecule has 0 fully saturated rings. The minimum atomic E-state index is -1.62. The molecule has 0 nitrogen and oxygen atoms in total. The van der Waals surface area contributed by atoms with Gasteiger partial charge in [0, 0.05) is 0 Å². The number of hydrogen-bond acceptors (Lipinski definition) is 0. The summed E-state index contributed by atoms with van der Waals surface area (Å²) in [7, 11) is 14.8. The van der Waals surface area contributed by atoms with E-state index in [2.05, 4.69) is 0 Å². The van der Waals surface area contributed by atoms with Gasteiger partial charge < -0.3 is 37.2 Å². The molecule has 0 rings (SSSR count). The molecule has 0 unspecified atom stereocenters. The van der Waals surface area contributed by atoms with Gasteiger partial charge in [-0.15, -0.1) is 0 Å². The molecule has 0 aromatic carbocycles. The summed E-state index contributed by atoms with van der Waals surface area (Å²) in [6.07, 6.45) is 0. The fourth-order valence-corrected chi connectivity index (χ4v) is 0. The molecule has 0 aliphatic heterocycles. The molecular weight excluding hydrogens is 317 g/mol. The molecule has 0 spiro atoms. The van der Waals surface area contributed by atoms with Gasteiger partial charge >= 0.3 is 58.9 Å². The first-order valence-corrected chi connectivity index (χ1v) is 5.73. The average molecular weight is 317 g/mol. The summed E-state index contributed by atoms with van der Waals surface area (Å²) in [4.78, 5) is 0. The Kier molecular flexibility index (Phi) is 86.9. The van der Waals surface area contributed by atoms with Gasteiger partial charge in [0.1, 0.15) is 0 Å². The molecule has 0 saturated heterocycles. The summed E-state index contributed by atoms with van der Waals surface area (Å²) in [5, 5.41) is 0. The summed E-state index contributed by atoms with van der Waals surface area (Å²) in [5.41, 5.74) is 0. The van der Waals surface area contributed by atoms with E-state index in [1.807, 2.05) is 0 Å². The van der Waals surface area contributed by atoms with E-state index in [1.165, 1.54) is 0 Å². The maximum absolute atomic E-state index is 4.93. The van der Waals surface area contributed by atoms with Crippen molar-refractivity contribution >= 4 is 30.1 Å². The molecule has 0 amide bonds. The predicted molar refractivity (Wildman–Crippen MR) is 17.6 cm³/mol. The first kappa shape index (κ1) is 30.8. The van der Waals surface area contributed by atoms with Crippen LogP contribution in [0, 0.1) is 0 Å². The smallest absolute Gasteiger partial charge is 3.00 e. The van der Waals surface area contributed by atoms with Gasteiger partial charge in [0.15, 0.2) is 0 Å². The Morgan fingerprint density at radius 1 is 0.750 bits per heavy atom. The third kappa shape index (κ3) is 68.2. The van der Waals surface area contributed by atoms with Crippen LogP contribution in [0.4, 0.5) is 0 Å². The van der Waals surface area contributed by atoms with Crippen molar-refractivity contribution in [3.63, 3.8) is 0 Å². The van der Waals surface area contributed by atoms with Gasteiger partial charge in [-0.3, -0.25) is 0 Å². The molecule has 0 N–H and O–H groups in total. The summed E-state index contributed by atoms with van der Waals surface area (Å²) in [5.74, 6) is 0. The Bertz CT molecular complexity index is 11.2. The Hall–Kier alpha value is 2.80. The standard InChI is InChI=1S/6ClH.2Cr/h6*1H;;/q;;;;;;2*+3/p-6. The summed E-state index contributed by atoms with van der Waals surface area (Å²) in [6.45, 7) is 0. The quantitative estimate of drug-likeness (QED) is 0.417. The SMILES string of the molecule is [Cl-].[Cl-].[Cl-].[Cl][Cr]([Cl])[Cl].[Cr+3]. The molecule has 0 bridgehead atoms. The Balaban J connectivity index is -0.00000000750. The first-order valence-electron chi connectivity index (χ1n) is 0.463. The molecule has 8 heteroatoms. The largest absolute Gasteiger partial charge is 3.00 e. The second-order valence-corrected chi connectivity index (χ2v) is 6.49. The Labute approximate surface area is 95.0 Å². The van der Waals surface area contributed by atoms with E-state index in [-0.39, 0.29) is 54.6 Å². The van der Waals surface area contributed by atoms with Crippen LogP contribution in [0.1, 0.15) is 0 Å². The molecule has 0 aliphatic carbocycles. The van der Waals surface area contributed by atoms with E-state index in [9.17, 15) is 0 Å². The van der Waals surface area contributed by atoms with Crippen molar-refractivity contribution in [1.82, 2.24) is 0 Å². The van der Waals surface area contributed by atoms with Crippen LogP contribution in [-0.2, 0) is 28.7 Å². The van der Waals surface area contributed by atoms with Crippen molar-refractivity contribution in [2.24, 2.45) is 0 Å². The molecule has 54 valence electrons. The Morgan fingerprint density at radius 2 is 0.750 bits per heavy atom. The zero-order chi connectivity index (χ0) is 3.58. The maximum Gasteiger partial charge on any atom is 3.00 e. The van der Waals surface area contributed by atoms with E-state index in [4.69, 9.17) is 30.1 Å². The molecule has 0 aromatic heterocycles. The van der Waals surface area contributed by atoms with Crippen LogP contribution in [0.3, 0.4) is 0 Å². The second kappa shape index (κ2) is 22.6. The third-order valence-electron chi connectivity index (χ3n) is 0. The average Bonchev–Trinajstić information content (AvgIpc) is 0.811. The Morgan fingerprint density at radius 3 is 0.750 bits per heavy atom. The summed E-state index contributed by atoms with van der Waals surface area (Å²) in [6, 6.07) is 0. The number of hydrogen-bond donors (Lipinski definition) is 0. The van der Waals surface area contributed by atoms with Gasteiger partial charge in [-0.2, -0.15) is 0 Å². The zero-order valence-electron chi connectivity index (χ0n) is 3.08. The van der Waals surface area contributed by atoms with Crippen LogP contribution in [-0.4, -0.2) is 0 Å². The van der Waals surface area contributed by atoms with E-state index in [1.54, 1.807) is 0 Å². The van der Waals surface area contributed by atoms with Crippen LogP contribution in [0.5, 0.6) is 0 Å². The maximum atomic E-state index is 4.93. The van der Waals surface area contributed by atoms with E-state index in [0.29, 0.717) is 0 Å². The second-order valence-electron chi connectivity index (χ2n) is 0.175. The normalized spacial score (nSPS) is 4.50. The zero-order valence-corrected chi connectivity index (χ0v) is 10.2. The minimum Gasteiger partial charge on any atom is 3.00 e. The molecule has 0 saturated carbocycles. The van der Waals surface area contributed by atoms with Gasteiger partial charge in [-0.1, -0.05) is 0 Å². The summed E-state index contributed by atoms with van der Waals surface area (Å²) >= 11 is -1.62. The van der Waals surface area contributed by atoms with Crippen molar-refractivity contribution in [3.8, 4) is 0 Å². The van der Waals surface area contributed by atoms with Crippen LogP contribution in [0.25, 0.3) is 0 Å². The van der Waals surface area contributed by atoms with Crippen LogP contribution in [0.15, 0.2) is 0 Å². The van der Waals surface area contributed by atoms with E-state index >= 15 is 0 Å². The van der Waals surface area contributed by atoms with Crippen molar-refractivity contribution in [2.75, 3.05) is 0 Å². The molecule has 0 aliphatic rings. The summed E-state index contributed by atoms with van der Waals surface area (Å²) < 4.78 is 0. The number of halogens is 6. The van der Waals surface area contributed by atoms with Crippen LogP contribution in [0.2, 0.25) is 0 Å². The molecule has 0 aromatic rings. The molecule has 1 radical (unpaired) electrons. The topological polar surface area (TPSA) is 0 Å². The van der Waals surface area contributed by atoms with E-state index < -0.39 is 11.4 Å². The van der Waals surface area contributed by atoms with Crippen molar-refractivity contribution in [1.29, 1.82) is 0 Å². The van der Waals surface area contributed by atoms with Gasteiger partial charge in [0.25, 0.3) is 0 Å². The van der Waals surface area contributed by atoms with Crippen molar-refractivity contribution in [2.45, 2.75) is 0 Å². The monoisotopic (exact) mass is 314 g/mol. The van der Waals surface area contributed by atoms with Crippen molar-refractivity contribution < 1.29 is 66.0 Å². The first-order chi connectivity index (χ1) is 1.73. The molecule has 8 heavy (non-hydrogen) atoms. The molecule has 0 atom stereocenters. The third-order valence-corrected chi connectivity index (χ3v) is 0. The van der Waals surface area contributed by atoms with Crippen molar-refractivity contribution in [3.05, 3.63) is 0 Å². The van der Waals surface area contributed by atoms with Gasteiger partial charge in [0.2, 0.25) is 0 Å². The van der Waals surface area contributed by atoms with Gasteiger partial charge in [-0.05, 0) is 0 Å². The minimum absolute atomic E-state index is 0. The number of rotatable bonds is 0. The van der Waals surface area contributed by atoms with Crippen LogP contribution < -0.4 is 37.2 Å². The van der Waals surface area contributed by atoms with Gasteiger partial charge in [-0.25, -0.2) is 0 Å². The van der Waals surface area contributed by atoms with E-state index in [0.717, 1.165) is 0 Å². The van der Waals surface area contributed by atoms with Gasteiger partial charge in [0.05, 0.1) is 0 Å².